The first kappa shape index (κ1) is 13.8. The molecule has 0 unspecified atom stereocenters. The van der Waals surface area contributed by atoms with Crippen molar-refractivity contribution in [2.45, 2.75) is 31.6 Å². The summed E-state index contributed by atoms with van der Waals surface area (Å²) in [6.45, 7) is 1.96. The topological polar surface area (TPSA) is 72.5 Å². The number of hydrogen-bond acceptors (Lipinski definition) is 4. The van der Waals surface area contributed by atoms with Crippen molar-refractivity contribution < 1.29 is 19.1 Å². The Morgan fingerprint density at radius 3 is 2.90 bits per heavy atom. The third-order valence-electron chi connectivity index (χ3n) is 4.46. The Morgan fingerprint density at radius 1 is 1.38 bits per heavy atom. The second-order valence-electron chi connectivity index (χ2n) is 5.52. The minimum Gasteiger partial charge on any atom is -0.466 e. The number of rotatable bonds is 2. The van der Waals surface area contributed by atoms with Crippen molar-refractivity contribution in [2.75, 3.05) is 11.9 Å². The summed E-state index contributed by atoms with van der Waals surface area (Å²) >= 11 is 0. The van der Waals surface area contributed by atoms with E-state index < -0.39 is 17.3 Å². The smallest absolute Gasteiger partial charge is 0.310 e. The normalized spacial score (nSPS) is 27.4. The van der Waals surface area contributed by atoms with Gasteiger partial charge in [0.2, 0.25) is 5.91 Å². The van der Waals surface area contributed by atoms with E-state index in [0.717, 1.165) is 11.3 Å². The Kier molecular flexibility index (Phi) is 3.27. The standard InChI is InChI=1S/C16H17NO4/c1-2-21-14(19)12-9-10(18)7-8-16(12)11-5-3-4-6-13(11)17-15(16)20/h3-6,12H,2,7-9H2,1H3,(H,17,20)/t12-,16-/m1/s1. The van der Waals surface area contributed by atoms with E-state index >= 15 is 0 Å². The maximum Gasteiger partial charge on any atom is 0.310 e. The number of ketones is 1. The highest BCUT2D eigenvalue weighted by atomic mass is 16.5. The Labute approximate surface area is 122 Å². The van der Waals surface area contributed by atoms with Gasteiger partial charge in [0.1, 0.15) is 5.78 Å². The van der Waals surface area contributed by atoms with Crippen molar-refractivity contribution in [2.24, 2.45) is 5.92 Å². The minimum atomic E-state index is -0.962. The quantitative estimate of drug-likeness (QED) is 0.842. The van der Waals surface area contributed by atoms with Gasteiger partial charge in [-0.05, 0) is 25.0 Å². The molecule has 1 aromatic rings. The van der Waals surface area contributed by atoms with Gasteiger partial charge >= 0.3 is 5.97 Å². The average molecular weight is 287 g/mol. The lowest BCUT2D eigenvalue weighted by Gasteiger charge is -2.37. The molecular formula is C16H17NO4. The predicted octanol–water partition coefficient (Wildman–Crippen LogP) is 1.81. The molecule has 2 aliphatic rings. The number of anilines is 1. The zero-order valence-electron chi connectivity index (χ0n) is 11.8. The molecule has 21 heavy (non-hydrogen) atoms. The van der Waals surface area contributed by atoms with E-state index in [2.05, 4.69) is 5.32 Å². The number of amides is 1. The summed E-state index contributed by atoms with van der Waals surface area (Å²) in [5, 5.41) is 2.84. The van der Waals surface area contributed by atoms with Gasteiger partial charge in [-0.15, -0.1) is 0 Å². The Bertz CT molecular complexity index is 624. The number of ether oxygens (including phenoxy) is 1. The van der Waals surface area contributed by atoms with Crippen molar-refractivity contribution in [3.05, 3.63) is 29.8 Å². The molecule has 5 nitrogen and oxygen atoms in total. The number of esters is 1. The molecule has 1 aromatic carbocycles. The number of para-hydroxylation sites is 1. The van der Waals surface area contributed by atoms with E-state index in [1.54, 1.807) is 6.92 Å². The molecule has 5 heteroatoms. The van der Waals surface area contributed by atoms with Crippen molar-refractivity contribution >= 4 is 23.3 Å². The van der Waals surface area contributed by atoms with Gasteiger partial charge in [-0.25, -0.2) is 0 Å². The molecule has 0 bridgehead atoms. The Morgan fingerprint density at radius 2 is 2.14 bits per heavy atom. The fourth-order valence-corrected chi connectivity index (χ4v) is 3.47. The van der Waals surface area contributed by atoms with E-state index in [-0.39, 0.29) is 24.7 Å². The van der Waals surface area contributed by atoms with Gasteiger partial charge in [0.15, 0.2) is 0 Å². The monoisotopic (exact) mass is 287 g/mol. The van der Waals surface area contributed by atoms with Crippen molar-refractivity contribution in [1.82, 2.24) is 0 Å². The summed E-state index contributed by atoms with van der Waals surface area (Å²) in [6, 6.07) is 7.36. The number of carbonyl (C=O) groups is 3. The Hall–Kier alpha value is -2.17. The number of hydrogen-bond donors (Lipinski definition) is 1. The van der Waals surface area contributed by atoms with Crippen molar-refractivity contribution in [1.29, 1.82) is 0 Å². The average Bonchev–Trinajstić information content (AvgIpc) is 2.75. The second-order valence-corrected chi connectivity index (χ2v) is 5.52. The van der Waals surface area contributed by atoms with Crippen LogP contribution in [0.25, 0.3) is 0 Å². The number of nitrogens with one attached hydrogen (secondary N) is 1. The summed E-state index contributed by atoms with van der Waals surface area (Å²) < 4.78 is 5.11. The highest BCUT2D eigenvalue weighted by Gasteiger charge is 2.57. The van der Waals surface area contributed by atoms with Gasteiger partial charge < -0.3 is 10.1 Å². The highest BCUT2D eigenvalue weighted by Crippen LogP contribution is 2.50. The first-order valence-corrected chi connectivity index (χ1v) is 7.19. The van der Waals surface area contributed by atoms with Crippen LogP contribution in [0.3, 0.4) is 0 Å². The molecule has 1 aliphatic heterocycles. The van der Waals surface area contributed by atoms with Crippen LogP contribution in [0.15, 0.2) is 24.3 Å². The van der Waals surface area contributed by atoms with Crippen LogP contribution in [0.5, 0.6) is 0 Å². The van der Waals surface area contributed by atoms with Crippen molar-refractivity contribution in [3.8, 4) is 0 Å². The molecule has 110 valence electrons. The van der Waals surface area contributed by atoms with Crippen LogP contribution in [0.4, 0.5) is 5.69 Å². The molecular weight excluding hydrogens is 270 g/mol. The molecule has 1 aliphatic carbocycles. The predicted molar refractivity (Wildman–Crippen MR) is 75.7 cm³/mol. The molecule has 1 saturated carbocycles. The highest BCUT2D eigenvalue weighted by molar-refractivity contribution is 6.10. The van der Waals surface area contributed by atoms with Crippen LogP contribution in [-0.4, -0.2) is 24.3 Å². The van der Waals surface area contributed by atoms with E-state index in [1.165, 1.54) is 0 Å². The summed E-state index contributed by atoms with van der Waals surface area (Å²) in [6.07, 6.45) is 0.746. The van der Waals surface area contributed by atoms with Crippen LogP contribution in [0, 0.1) is 5.92 Å². The van der Waals surface area contributed by atoms with Gasteiger partial charge in [-0.2, -0.15) is 0 Å². The van der Waals surface area contributed by atoms with Gasteiger partial charge in [0.05, 0.1) is 17.9 Å². The number of benzene rings is 1. The molecule has 1 fully saturated rings. The molecule has 1 heterocycles. The van der Waals surface area contributed by atoms with Gasteiger partial charge in [0.25, 0.3) is 0 Å². The third kappa shape index (κ3) is 1.95. The molecule has 1 amide bonds. The van der Waals surface area contributed by atoms with Crippen LogP contribution in [-0.2, 0) is 24.5 Å². The van der Waals surface area contributed by atoms with Crippen LogP contribution < -0.4 is 5.32 Å². The zero-order chi connectivity index (χ0) is 15.0. The third-order valence-corrected chi connectivity index (χ3v) is 4.46. The van der Waals surface area contributed by atoms with Crippen molar-refractivity contribution in [3.63, 3.8) is 0 Å². The van der Waals surface area contributed by atoms with E-state index in [4.69, 9.17) is 4.74 Å². The minimum absolute atomic E-state index is 0.0101. The van der Waals surface area contributed by atoms with Crippen LogP contribution in [0.1, 0.15) is 31.7 Å². The fraction of sp³-hybridized carbons (Fsp3) is 0.438. The molecule has 3 rings (SSSR count). The summed E-state index contributed by atoms with van der Waals surface area (Å²) in [5.74, 6) is -1.38. The first-order chi connectivity index (χ1) is 10.1. The first-order valence-electron chi connectivity index (χ1n) is 7.19. The number of carbonyl (C=O) groups excluding carboxylic acids is 3. The lowest BCUT2D eigenvalue weighted by Crippen LogP contribution is -2.49. The maximum absolute atomic E-state index is 12.6. The lowest BCUT2D eigenvalue weighted by molar-refractivity contribution is -0.156. The van der Waals surface area contributed by atoms with Gasteiger partial charge in [0, 0.05) is 18.5 Å². The molecule has 1 N–H and O–H groups in total. The molecule has 0 saturated heterocycles. The largest absolute Gasteiger partial charge is 0.466 e. The SMILES string of the molecule is CCOC(=O)[C@H]1CC(=O)CC[C@]12C(=O)Nc1ccccc12. The summed E-state index contributed by atoms with van der Waals surface area (Å²) in [5.41, 5.74) is 0.572. The van der Waals surface area contributed by atoms with E-state index in [0.29, 0.717) is 12.8 Å². The molecule has 0 aromatic heterocycles. The zero-order valence-corrected chi connectivity index (χ0v) is 11.8. The Balaban J connectivity index is 2.10. The summed E-state index contributed by atoms with van der Waals surface area (Å²) in [4.78, 5) is 36.7. The number of Topliss-reactive ketones (excluding diaryl/α,β-unsaturated/α-hetero) is 1. The van der Waals surface area contributed by atoms with E-state index in [9.17, 15) is 14.4 Å². The fourth-order valence-electron chi connectivity index (χ4n) is 3.47. The number of fused-ring (bicyclic) bond motifs is 2. The second kappa shape index (κ2) is 4.98. The van der Waals surface area contributed by atoms with Crippen LogP contribution >= 0.6 is 0 Å². The van der Waals surface area contributed by atoms with Gasteiger partial charge in [-0.1, -0.05) is 18.2 Å². The van der Waals surface area contributed by atoms with Gasteiger partial charge in [-0.3, -0.25) is 14.4 Å². The summed E-state index contributed by atoms with van der Waals surface area (Å²) in [7, 11) is 0. The molecule has 0 radical (unpaired) electrons. The van der Waals surface area contributed by atoms with Crippen LogP contribution in [0.2, 0.25) is 0 Å². The molecule has 2 atom stereocenters. The lowest BCUT2D eigenvalue weighted by atomic mass is 9.62. The van der Waals surface area contributed by atoms with E-state index in [1.807, 2.05) is 24.3 Å². The maximum atomic E-state index is 12.6. The molecule has 1 spiro atoms.